The molecule has 0 amide bonds. The third-order valence-electron chi connectivity index (χ3n) is 5.42. The molecule has 0 aliphatic heterocycles. The fourth-order valence-electron chi connectivity index (χ4n) is 3.60. The first-order valence-corrected chi connectivity index (χ1v) is 11.2. The third-order valence-corrected chi connectivity index (χ3v) is 5.42. The Morgan fingerprint density at radius 2 is 1.77 bits per heavy atom. The van der Waals surface area contributed by atoms with Crippen molar-refractivity contribution in [3.05, 3.63) is 76.7 Å². The van der Waals surface area contributed by atoms with Gasteiger partial charge in [-0.05, 0) is 78.3 Å². The number of fused-ring (bicyclic) bond motifs is 1. The maximum Gasteiger partial charge on any atom is 0.247 e. The predicted molar refractivity (Wildman–Crippen MR) is 128 cm³/mol. The largest absolute Gasteiger partial charge is 0.379 e. The molecule has 0 aliphatic rings. The first kappa shape index (κ1) is 22.0. The zero-order valence-corrected chi connectivity index (χ0v) is 18.2. The molecule has 0 saturated heterocycles. The number of allylic oxidation sites excluding steroid dienone is 1. The molecule has 0 spiro atoms. The smallest absolute Gasteiger partial charge is 0.247 e. The first-order chi connectivity index (χ1) is 14.7. The lowest BCUT2D eigenvalue weighted by Gasteiger charge is -2.12. The van der Waals surface area contributed by atoms with Crippen LogP contribution in [0.15, 0.2) is 65.6 Å². The van der Waals surface area contributed by atoms with E-state index in [1.165, 1.54) is 35.6 Å². The number of aromatic nitrogens is 1. The van der Waals surface area contributed by atoms with E-state index in [0.717, 1.165) is 37.0 Å². The van der Waals surface area contributed by atoms with Crippen LogP contribution in [0.5, 0.6) is 0 Å². The molecule has 3 aromatic rings. The second-order valence-corrected chi connectivity index (χ2v) is 7.98. The van der Waals surface area contributed by atoms with E-state index in [1.807, 2.05) is 6.07 Å². The van der Waals surface area contributed by atoms with Crippen LogP contribution >= 0.6 is 0 Å². The molecule has 0 aliphatic carbocycles. The average molecular weight is 404 g/mol. The van der Waals surface area contributed by atoms with Crippen LogP contribution in [0.1, 0.15) is 57.9 Å². The van der Waals surface area contributed by atoms with Crippen LogP contribution in [-0.4, -0.2) is 17.7 Å². The van der Waals surface area contributed by atoms with Gasteiger partial charge >= 0.3 is 0 Å². The molecular formula is C27H33NO2. The van der Waals surface area contributed by atoms with Crippen molar-refractivity contribution in [3.63, 3.8) is 0 Å². The van der Waals surface area contributed by atoms with Gasteiger partial charge in [0.05, 0.1) is 6.10 Å². The Balaban J connectivity index is 1.51. The molecule has 1 heterocycles. The fraction of sp³-hybridized carbons (Fsp3) is 0.370. The number of aromatic amines is 1. The van der Waals surface area contributed by atoms with Crippen molar-refractivity contribution in [2.75, 3.05) is 6.61 Å². The van der Waals surface area contributed by atoms with E-state index < -0.39 is 0 Å². The van der Waals surface area contributed by atoms with Crippen LogP contribution in [0.3, 0.4) is 0 Å². The molecule has 1 N–H and O–H groups in total. The van der Waals surface area contributed by atoms with Gasteiger partial charge in [-0.25, -0.2) is 0 Å². The van der Waals surface area contributed by atoms with Gasteiger partial charge in [0, 0.05) is 18.9 Å². The van der Waals surface area contributed by atoms with Gasteiger partial charge in [-0.15, -0.1) is 0 Å². The molecule has 30 heavy (non-hydrogen) atoms. The van der Waals surface area contributed by atoms with Crippen LogP contribution in [-0.2, 0) is 4.74 Å². The van der Waals surface area contributed by atoms with Crippen molar-refractivity contribution in [2.45, 2.75) is 58.5 Å². The number of ether oxygens (including phenoxy) is 1. The van der Waals surface area contributed by atoms with Crippen LogP contribution in [0.4, 0.5) is 0 Å². The van der Waals surface area contributed by atoms with Crippen LogP contribution in [0.25, 0.3) is 28.0 Å². The van der Waals surface area contributed by atoms with Gasteiger partial charge in [0.1, 0.15) is 0 Å². The number of benzene rings is 2. The lowest BCUT2D eigenvalue weighted by Crippen LogP contribution is -2.08. The number of H-pyrrole nitrogens is 1. The molecule has 1 aromatic heterocycles. The van der Waals surface area contributed by atoms with E-state index in [4.69, 9.17) is 4.74 Å². The highest BCUT2D eigenvalue weighted by Gasteiger charge is 2.02. The summed E-state index contributed by atoms with van der Waals surface area (Å²) in [5, 5.41) is 2.42. The Labute approximate surface area is 179 Å². The topological polar surface area (TPSA) is 42.1 Å². The zero-order valence-electron chi connectivity index (χ0n) is 18.2. The maximum atomic E-state index is 11.3. The van der Waals surface area contributed by atoms with Crippen molar-refractivity contribution >= 4 is 16.8 Å². The van der Waals surface area contributed by atoms with Crippen molar-refractivity contribution in [2.24, 2.45) is 0 Å². The maximum absolute atomic E-state index is 11.3. The van der Waals surface area contributed by atoms with Gasteiger partial charge in [-0.2, -0.15) is 0 Å². The van der Waals surface area contributed by atoms with Gasteiger partial charge in [-0.1, -0.05) is 56.2 Å². The normalized spacial score (nSPS) is 12.6. The van der Waals surface area contributed by atoms with Crippen molar-refractivity contribution < 1.29 is 4.74 Å². The number of unbranched alkanes of at least 4 members (excludes halogenated alkanes) is 3. The molecule has 3 nitrogen and oxygen atoms in total. The SMILES string of the molecule is CCCCCOC(C)CCC/C=C/c1ccc2cc(-c3ccc(=O)[nH]c3)ccc2c1. The summed E-state index contributed by atoms with van der Waals surface area (Å²) in [4.78, 5) is 14.0. The Hall–Kier alpha value is -2.65. The lowest BCUT2D eigenvalue weighted by molar-refractivity contribution is 0.0566. The van der Waals surface area contributed by atoms with Crippen molar-refractivity contribution in [3.8, 4) is 11.1 Å². The molecule has 1 atom stereocenters. The minimum Gasteiger partial charge on any atom is -0.379 e. The Kier molecular flexibility index (Phi) is 8.46. The zero-order chi connectivity index (χ0) is 21.2. The van der Waals surface area contributed by atoms with Gasteiger partial charge in [0.2, 0.25) is 5.56 Å². The Bertz CT molecular complexity index is 998. The van der Waals surface area contributed by atoms with E-state index in [9.17, 15) is 4.79 Å². The van der Waals surface area contributed by atoms with E-state index in [-0.39, 0.29) is 5.56 Å². The molecule has 3 rings (SSSR count). The fourth-order valence-corrected chi connectivity index (χ4v) is 3.60. The van der Waals surface area contributed by atoms with E-state index in [1.54, 1.807) is 12.3 Å². The van der Waals surface area contributed by atoms with Gasteiger partial charge < -0.3 is 9.72 Å². The Morgan fingerprint density at radius 1 is 0.967 bits per heavy atom. The average Bonchev–Trinajstić information content (AvgIpc) is 2.76. The number of hydrogen-bond acceptors (Lipinski definition) is 2. The summed E-state index contributed by atoms with van der Waals surface area (Å²) in [6.45, 7) is 5.30. The first-order valence-electron chi connectivity index (χ1n) is 11.2. The van der Waals surface area contributed by atoms with Crippen LogP contribution in [0, 0.1) is 0 Å². The quantitative estimate of drug-likeness (QED) is 0.351. The summed E-state index contributed by atoms with van der Waals surface area (Å²) in [6.07, 6.45) is 13.6. The second kappa shape index (κ2) is 11.5. The van der Waals surface area contributed by atoms with E-state index in [2.05, 4.69) is 67.4 Å². The molecule has 3 heteroatoms. The predicted octanol–water partition coefficient (Wildman–Crippen LogP) is 6.97. The van der Waals surface area contributed by atoms with Gasteiger partial charge in [0.15, 0.2) is 0 Å². The number of rotatable bonds is 11. The minimum absolute atomic E-state index is 0.0788. The summed E-state index contributed by atoms with van der Waals surface area (Å²) in [5.74, 6) is 0. The molecule has 158 valence electrons. The highest BCUT2D eigenvalue weighted by Crippen LogP contribution is 2.24. The third kappa shape index (κ3) is 6.70. The lowest BCUT2D eigenvalue weighted by atomic mass is 10.0. The van der Waals surface area contributed by atoms with Gasteiger partial charge in [0.25, 0.3) is 0 Å². The molecule has 0 fully saturated rings. The van der Waals surface area contributed by atoms with E-state index in [0.29, 0.717) is 6.10 Å². The molecule has 0 radical (unpaired) electrons. The number of hydrogen-bond donors (Lipinski definition) is 1. The highest BCUT2D eigenvalue weighted by atomic mass is 16.5. The van der Waals surface area contributed by atoms with Crippen LogP contribution in [0.2, 0.25) is 0 Å². The standard InChI is InChI=1S/C27H33NO2/c1-3-4-8-17-30-21(2)9-6-5-7-10-22-11-12-24-19-25(14-13-23(24)18-22)26-15-16-27(29)28-20-26/h7,10-16,18-21H,3-6,8-9,17H2,1-2H3,(H,28,29)/b10-7+. The van der Waals surface area contributed by atoms with E-state index >= 15 is 0 Å². The summed E-state index contributed by atoms with van der Waals surface area (Å²) < 4.78 is 5.86. The monoisotopic (exact) mass is 403 g/mol. The number of nitrogens with one attached hydrogen (secondary N) is 1. The molecule has 2 aromatic carbocycles. The molecule has 1 unspecified atom stereocenters. The van der Waals surface area contributed by atoms with Gasteiger partial charge in [-0.3, -0.25) is 4.79 Å². The summed E-state index contributed by atoms with van der Waals surface area (Å²) >= 11 is 0. The van der Waals surface area contributed by atoms with Crippen molar-refractivity contribution in [1.82, 2.24) is 4.98 Å². The molecule has 0 bridgehead atoms. The Morgan fingerprint density at radius 3 is 2.57 bits per heavy atom. The second-order valence-electron chi connectivity index (χ2n) is 7.98. The summed E-state index contributed by atoms with van der Waals surface area (Å²) in [6, 6.07) is 16.4. The summed E-state index contributed by atoms with van der Waals surface area (Å²) in [7, 11) is 0. The number of pyridine rings is 1. The summed E-state index contributed by atoms with van der Waals surface area (Å²) in [5.41, 5.74) is 3.27. The molecule has 0 saturated carbocycles. The van der Waals surface area contributed by atoms with Crippen molar-refractivity contribution in [1.29, 1.82) is 0 Å². The molecular weight excluding hydrogens is 370 g/mol. The highest BCUT2D eigenvalue weighted by molar-refractivity contribution is 5.88. The minimum atomic E-state index is -0.0788. The van der Waals surface area contributed by atoms with Crippen LogP contribution < -0.4 is 5.56 Å².